The summed E-state index contributed by atoms with van der Waals surface area (Å²) in [6, 6.07) is -0.157. The average molecular weight is 211 g/mol. The smallest absolute Gasteiger partial charge is 0.305 e. The van der Waals surface area contributed by atoms with Crippen molar-refractivity contribution in [3.8, 4) is 0 Å². The van der Waals surface area contributed by atoms with E-state index in [0.717, 1.165) is 18.8 Å². The fourth-order valence-electron chi connectivity index (χ4n) is 1.59. The van der Waals surface area contributed by atoms with Crippen LogP contribution in [0.15, 0.2) is 12.5 Å². The van der Waals surface area contributed by atoms with Crippen molar-refractivity contribution in [2.45, 2.75) is 32.9 Å². The minimum absolute atomic E-state index is 0.0829. The summed E-state index contributed by atoms with van der Waals surface area (Å²) in [5.74, 6) is -0.801. The zero-order valence-electron chi connectivity index (χ0n) is 9.10. The van der Waals surface area contributed by atoms with Gasteiger partial charge in [0.2, 0.25) is 0 Å². The molecule has 0 aliphatic heterocycles. The maximum absolute atomic E-state index is 10.7. The SMILES string of the molecule is CCNC(CC(=O)O)c1cncn1CC. The molecule has 1 unspecified atom stereocenters. The molecule has 5 nitrogen and oxygen atoms in total. The number of hydrogen-bond donors (Lipinski definition) is 2. The third-order valence-corrected chi connectivity index (χ3v) is 2.27. The first-order chi connectivity index (χ1) is 7.19. The van der Waals surface area contributed by atoms with Gasteiger partial charge in [0.1, 0.15) is 0 Å². The van der Waals surface area contributed by atoms with Gasteiger partial charge in [0, 0.05) is 12.7 Å². The summed E-state index contributed by atoms with van der Waals surface area (Å²) in [5, 5.41) is 12.0. The summed E-state index contributed by atoms with van der Waals surface area (Å²) in [5.41, 5.74) is 0.932. The molecule has 0 aliphatic carbocycles. The van der Waals surface area contributed by atoms with E-state index in [9.17, 15) is 4.79 Å². The molecule has 1 aromatic rings. The minimum Gasteiger partial charge on any atom is -0.481 e. The second-order valence-corrected chi connectivity index (χ2v) is 3.31. The van der Waals surface area contributed by atoms with Crippen LogP contribution in [0.1, 0.15) is 32.0 Å². The van der Waals surface area contributed by atoms with E-state index in [1.165, 1.54) is 0 Å². The number of hydrogen-bond acceptors (Lipinski definition) is 3. The second-order valence-electron chi connectivity index (χ2n) is 3.31. The Bertz CT molecular complexity index is 322. The number of carboxylic acid groups (broad SMARTS) is 1. The van der Waals surface area contributed by atoms with Crippen LogP contribution in [-0.4, -0.2) is 27.2 Å². The molecule has 0 saturated carbocycles. The van der Waals surface area contributed by atoms with Crippen LogP contribution < -0.4 is 5.32 Å². The molecule has 0 fully saturated rings. The van der Waals surface area contributed by atoms with Crippen LogP contribution in [0.5, 0.6) is 0 Å². The van der Waals surface area contributed by atoms with E-state index in [-0.39, 0.29) is 12.5 Å². The highest BCUT2D eigenvalue weighted by Crippen LogP contribution is 2.16. The zero-order chi connectivity index (χ0) is 11.3. The molecule has 1 aromatic heterocycles. The van der Waals surface area contributed by atoms with Gasteiger partial charge in [-0.15, -0.1) is 0 Å². The minimum atomic E-state index is -0.801. The van der Waals surface area contributed by atoms with Gasteiger partial charge in [0.05, 0.1) is 24.5 Å². The van der Waals surface area contributed by atoms with Gasteiger partial charge < -0.3 is 15.0 Å². The number of rotatable bonds is 6. The van der Waals surface area contributed by atoms with Crippen molar-refractivity contribution in [1.29, 1.82) is 0 Å². The van der Waals surface area contributed by atoms with Gasteiger partial charge in [-0.05, 0) is 13.5 Å². The number of nitrogens with zero attached hydrogens (tertiary/aromatic N) is 2. The summed E-state index contributed by atoms with van der Waals surface area (Å²) in [6.45, 7) is 5.51. The van der Waals surface area contributed by atoms with Crippen molar-refractivity contribution < 1.29 is 9.90 Å². The Morgan fingerprint density at radius 3 is 2.93 bits per heavy atom. The molecule has 0 aliphatic rings. The number of aryl methyl sites for hydroxylation is 1. The highest BCUT2D eigenvalue weighted by Gasteiger charge is 2.17. The zero-order valence-corrected chi connectivity index (χ0v) is 9.10. The Hall–Kier alpha value is -1.36. The van der Waals surface area contributed by atoms with Crippen molar-refractivity contribution >= 4 is 5.97 Å². The van der Waals surface area contributed by atoms with Crippen LogP contribution in [0.4, 0.5) is 0 Å². The van der Waals surface area contributed by atoms with Crippen molar-refractivity contribution in [3.05, 3.63) is 18.2 Å². The van der Waals surface area contributed by atoms with Gasteiger partial charge in [-0.3, -0.25) is 4.79 Å². The molecule has 1 rings (SSSR count). The lowest BCUT2D eigenvalue weighted by Crippen LogP contribution is -2.25. The molecule has 15 heavy (non-hydrogen) atoms. The second kappa shape index (κ2) is 5.50. The Kier molecular flexibility index (Phi) is 4.30. The van der Waals surface area contributed by atoms with Crippen LogP contribution >= 0.6 is 0 Å². The predicted molar refractivity (Wildman–Crippen MR) is 56.6 cm³/mol. The lowest BCUT2D eigenvalue weighted by Gasteiger charge is -2.17. The Morgan fingerprint density at radius 1 is 1.67 bits per heavy atom. The monoisotopic (exact) mass is 211 g/mol. The summed E-state index contributed by atoms with van der Waals surface area (Å²) in [6.07, 6.45) is 3.53. The highest BCUT2D eigenvalue weighted by atomic mass is 16.4. The standard InChI is InChI=1S/C10H17N3O2/c1-3-12-8(5-10(14)15)9-6-11-7-13(9)4-2/h6-8,12H,3-5H2,1-2H3,(H,14,15). The summed E-state index contributed by atoms with van der Waals surface area (Å²) < 4.78 is 1.95. The summed E-state index contributed by atoms with van der Waals surface area (Å²) >= 11 is 0. The number of carboxylic acids is 1. The lowest BCUT2D eigenvalue weighted by molar-refractivity contribution is -0.137. The van der Waals surface area contributed by atoms with Crippen molar-refractivity contribution in [2.24, 2.45) is 0 Å². The molecule has 1 heterocycles. The van der Waals surface area contributed by atoms with Gasteiger partial charge in [0.15, 0.2) is 0 Å². The van der Waals surface area contributed by atoms with E-state index in [1.54, 1.807) is 12.5 Å². The molecule has 0 aromatic carbocycles. The predicted octanol–water partition coefficient (Wildman–Crippen LogP) is 1.03. The lowest BCUT2D eigenvalue weighted by atomic mass is 10.1. The maximum atomic E-state index is 10.7. The Balaban J connectivity index is 2.82. The van der Waals surface area contributed by atoms with Crippen LogP contribution in [0.25, 0.3) is 0 Å². The number of nitrogens with one attached hydrogen (secondary N) is 1. The van der Waals surface area contributed by atoms with E-state index in [2.05, 4.69) is 10.3 Å². The van der Waals surface area contributed by atoms with Crippen molar-refractivity contribution in [2.75, 3.05) is 6.54 Å². The maximum Gasteiger partial charge on any atom is 0.305 e. The van der Waals surface area contributed by atoms with Crippen molar-refractivity contribution in [1.82, 2.24) is 14.9 Å². The third-order valence-electron chi connectivity index (χ3n) is 2.27. The highest BCUT2D eigenvalue weighted by molar-refractivity contribution is 5.67. The van der Waals surface area contributed by atoms with Gasteiger partial charge in [-0.1, -0.05) is 6.92 Å². The summed E-state index contributed by atoms with van der Waals surface area (Å²) in [4.78, 5) is 14.7. The van der Waals surface area contributed by atoms with E-state index in [1.807, 2.05) is 18.4 Å². The van der Waals surface area contributed by atoms with E-state index >= 15 is 0 Å². The van der Waals surface area contributed by atoms with Crippen LogP contribution in [0, 0.1) is 0 Å². The number of aromatic nitrogens is 2. The summed E-state index contributed by atoms with van der Waals surface area (Å²) in [7, 11) is 0. The molecule has 0 bridgehead atoms. The first-order valence-electron chi connectivity index (χ1n) is 5.14. The normalized spacial score (nSPS) is 12.7. The van der Waals surface area contributed by atoms with Gasteiger partial charge in [-0.2, -0.15) is 0 Å². The number of carbonyl (C=O) groups is 1. The van der Waals surface area contributed by atoms with Gasteiger partial charge >= 0.3 is 5.97 Å². The molecule has 0 saturated heterocycles. The molecule has 5 heteroatoms. The quantitative estimate of drug-likeness (QED) is 0.737. The molecule has 0 amide bonds. The van der Waals surface area contributed by atoms with E-state index in [4.69, 9.17) is 5.11 Å². The molecular weight excluding hydrogens is 194 g/mol. The first kappa shape index (κ1) is 11.7. The Morgan fingerprint density at radius 2 is 2.40 bits per heavy atom. The van der Waals surface area contributed by atoms with Crippen molar-refractivity contribution in [3.63, 3.8) is 0 Å². The van der Waals surface area contributed by atoms with Crippen LogP contribution in [-0.2, 0) is 11.3 Å². The average Bonchev–Trinajstić information content (AvgIpc) is 2.64. The van der Waals surface area contributed by atoms with E-state index < -0.39 is 5.97 Å². The molecule has 84 valence electrons. The first-order valence-corrected chi connectivity index (χ1v) is 5.14. The fourth-order valence-corrected chi connectivity index (χ4v) is 1.59. The number of imidazole rings is 1. The molecule has 0 spiro atoms. The fraction of sp³-hybridized carbons (Fsp3) is 0.600. The van der Waals surface area contributed by atoms with Gasteiger partial charge in [0.25, 0.3) is 0 Å². The largest absolute Gasteiger partial charge is 0.481 e. The Labute approximate surface area is 89.1 Å². The molecular formula is C10H17N3O2. The van der Waals surface area contributed by atoms with E-state index in [0.29, 0.717) is 0 Å². The number of aliphatic carboxylic acids is 1. The molecule has 2 N–H and O–H groups in total. The molecule has 0 radical (unpaired) electrons. The van der Waals surface area contributed by atoms with Crippen LogP contribution in [0.2, 0.25) is 0 Å². The van der Waals surface area contributed by atoms with Gasteiger partial charge in [-0.25, -0.2) is 4.98 Å². The van der Waals surface area contributed by atoms with Crippen LogP contribution in [0.3, 0.4) is 0 Å². The molecule has 1 atom stereocenters. The topological polar surface area (TPSA) is 67.2 Å². The third kappa shape index (κ3) is 3.06.